The number of furan rings is 1. The molecule has 1 radical (unpaired) electrons. The minimum absolute atomic E-state index is 0. The van der Waals surface area contributed by atoms with Gasteiger partial charge in [-0.25, -0.2) is 0 Å². The Morgan fingerprint density at radius 2 is 1.63 bits per heavy atom. The Morgan fingerprint density at radius 1 is 1.02 bits per heavy atom. The summed E-state index contributed by atoms with van der Waals surface area (Å²) in [6.07, 6.45) is 6.89. The van der Waals surface area contributed by atoms with Crippen LogP contribution in [0.1, 0.15) is 112 Å². The molecule has 2 heterocycles. The van der Waals surface area contributed by atoms with Gasteiger partial charge >= 0.3 is 0 Å². The molecular formula is C38H48IrNO3-. The number of carbonyl (C=O) groups is 1. The molecule has 2 aromatic heterocycles. The summed E-state index contributed by atoms with van der Waals surface area (Å²) in [6.45, 7) is 16.9. The van der Waals surface area contributed by atoms with Crippen LogP contribution in [0.15, 0.2) is 64.8 Å². The summed E-state index contributed by atoms with van der Waals surface area (Å²) in [4.78, 5) is 16.3. The number of pyridine rings is 1. The second-order valence-corrected chi connectivity index (χ2v) is 12.7. The monoisotopic (exact) mass is 764 g/mol. The van der Waals surface area contributed by atoms with Crippen LogP contribution in [-0.2, 0) is 35.7 Å². The summed E-state index contributed by atoms with van der Waals surface area (Å²) in [6, 6.07) is 7.91. The summed E-state index contributed by atoms with van der Waals surface area (Å²) in [5.41, 5.74) is 4.68. The maximum atomic E-state index is 11.9. The van der Waals surface area contributed by atoms with Crippen LogP contribution >= 0.6 is 0 Å². The Kier molecular flexibility index (Phi) is 9.27. The van der Waals surface area contributed by atoms with Crippen molar-refractivity contribution in [1.82, 2.24) is 4.98 Å². The molecule has 0 saturated carbocycles. The van der Waals surface area contributed by atoms with Crippen molar-refractivity contribution >= 4 is 27.7 Å². The van der Waals surface area contributed by atoms with Gasteiger partial charge in [0.05, 0.1) is 7.13 Å². The van der Waals surface area contributed by atoms with Gasteiger partial charge in [-0.15, -0.1) is 35.8 Å². The van der Waals surface area contributed by atoms with Gasteiger partial charge in [-0.2, -0.15) is 0 Å². The Morgan fingerprint density at radius 3 is 2.23 bits per heavy atom. The number of aromatic nitrogens is 1. The average molecular weight is 764 g/mol. The summed E-state index contributed by atoms with van der Waals surface area (Å²) in [7, 11) is 0. The molecule has 4 nitrogen and oxygen atoms in total. The molecule has 5 rings (SSSR count). The predicted octanol–water partition coefficient (Wildman–Crippen LogP) is 10.7. The molecule has 0 atom stereocenters. The molecule has 0 bridgehead atoms. The molecule has 5 heteroatoms. The van der Waals surface area contributed by atoms with E-state index in [1.807, 2.05) is 33.8 Å². The zero-order valence-corrected chi connectivity index (χ0v) is 29.1. The molecule has 0 amide bonds. The molecule has 233 valence electrons. The summed E-state index contributed by atoms with van der Waals surface area (Å²) in [5, 5.41) is 11.8. The molecule has 43 heavy (non-hydrogen) atoms. The van der Waals surface area contributed by atoms with Crippen molar-refractivity contribution in [2.75, 3.05) is 0 Å². The average Bonchev–Trinajstić information content (AvgIpc) is 3.42. The maximum absolute atomic E-state index is 11.9. The van der Waals surface area contributed by atoms with E-state index in [1.165, 1.54) is 11.1 Å². The quantitative estimate of drug-likeness (QED) is 0.110. The van der Waals surface area contributed by atoms with Gasteiger partial charge in [0.1, 0.15) is 11.2 Å². The fourth-order valence-electron chi connectivity index (χ4n) is 5.97. The molecule has 0 fully saturated rings. The second-order valence-electron chi connectivity index (χ2n) is 12.7. The van der Waals surface area contributed by atoms with E-state index in [-0.39, 0.29) is 90.1 Å². The number of hydrogen-bond acceptors (Lipinski definition) is 4. The maximum Gasteiger partial charge on any atom is 0.162 e. The second kappa shape index (κ2) is 14.4. The number of ketones is 1. The normalized spacial score (nSPS) is 17.5. The van der Waals surface area contributed by atoms with E-state index in [0.29, 0.717) is 11.3 Å². The molecular weight excluding hydrogens is 711 g/mol. The molecule has 0 aliphatic heterocycles. The third-order valence-electron chi connectivity index (χ3n) is 9.08. The number of fused-ring (bicyclic) bond motifs is 4. The van der Waals surface area contributed by atoms with Crippen molar-refractivity contribution < 1.29 is 41.3 Å². The largest absolute Gasteiger partial charge is 0.512 e. The first-order valence-electron chi connectivity index (χ1n) is 17.8. The Hall–Kier alpha value is -2.75. The van der Waals surface area contributed by atoms with Gasteiger partial charge in [0, 0.05) is 63.4 Å². The molecule has 1 aliphatic rings. The molecule has 1 aliphatic carbocycles. The van der Waals surface area contributed by atoms with E-state index >= 15 is 0 Å². The van der Waals surface area contributed by atoms with Crippen molar-refractivity contribution in [3.63, 3.8) is 0 Å². The van der Waals surface area contributed by atoms with E-state index in [2.05, 4.69) is 50.9 Å². The molecule has 0 saturated heterocycles. The fraction of sp³-hybridized carbons (Fsp3) is 0.474. The van der Waals surface area contributed by atoms with Crippen LogP contribution in [0, 0.1) is 17.9 Å². The van der Waals surface area contributed by atoms with Crippen molar-refractivity contribution in [2.45, 2.75) is 105 Å². The number of hydrogen-bond donors (Lipinski definition) is 1. The minimum atomic E-state index is -0.303. The minimum Gasteiger partial charge on any atom is -0.512 e. The van der Waals surface area contributed by atoms with Gasteiger partial charge < -0.3 is 14.5 Å². The Bertz CT molecular complexity index is 1840. The summed E-state index contributed by atoms with van der Waals surface area (Å²) >= 11 is 0. The van der Waals surface area contributed by atoms with E-state index < -0.39 is 0 Å². The number of rotatable bonds is 8. The number of carbonyl (C=O) groups excluding carboxylic acids is 1. The molecule has 0 unspecified atom stereocenters. The van der Waals surface area contributed by atoms with Crippen LogP contribution in [0.25, 0.3) is 33.2 Å². The fourth-order valence-corrected chi connectivity index (χ4v) is 5.97. The zero-order valence-electron chi connectivity index (χ0n) is 31.8. The smallest absolute Gasteiger partial charge is 0.162 e. The van der Waals surface area contributed by atoms with Crippen LogP contribution < -0.4 is 0 Å². The van der Waals surface area contributed by atoms with Crippen LogP contribution in [0.4, 0.5) is 0 Å². The molecule has 0 spiro atoms. The topological polar surface area (TPSA) is 63.3 Å². The van der Waals surface area contributed by atoms with Gasteiger partial charge in [0.25, 0.3) is 0 Å². The molecule has 2 aromatic carbocycles. The predicted molar refractivity (Wildman–Crippen MR) is 175 cm³/mol. The number of benzene rings is 2. The van der Waals surface area contributed by atoms with Gasteiger partial charge in [0.15, 0.2) is 5.78 Å². The van der Waals surface area contributed by atoms with E-state index in [1.54, 1.807) is 6.20 Å². The SMILES string of the molecule is [2H]/C(C(=O)C(CC)CC)=C(/O)C(CC)CC.[2H]c1[c-]c(-c2nccc3c2oc2cc4c(cc23)C(C)(C)CCC4(C)C)c([2H])c([2H])c1[2H].[Ir]. The molecule has 1 N–H and O–H groups in total. The first-order chi connectivity index (χ1) is 22.0. The van der Waals surface area contributed by atoms with Crippen molar-refractivity contribution in [3.8, 4) is 11.3 Å². The van der Waals surface area contributed by atoms with Crippen LogP contribution in [0.2, 0.25) is 0 Å². The van der Waals surface area contributed by atoms with Crippen molar-refractivity contribution in [3.05, 3.63) is 77.6 Å². The number of nitrogens with zero attached hydrogens (tertiary/aromatic N) is 1. The van der Waals surface area contributed by atoms with E-state index in [0.717, 1.165) is 54.9 Å². The van der Waals surface area contributed by atoms with Gasteiger partial charge in [0.2, 0.25) is 0 Å². The Balaban J connectivity index is 0.000000316. The first-order valence-corrected chi connectivity index (χ1v) is 15.3. The molecule has 4 aromatic rings. The number of aliphatic hydroxyl groups excluding tert-OH is 1. The first kappa shape index (κ1) is 27.8. The van der Waals surface area contributed by atoms with Crippen LogP contribution in [0.3, 0.4) is 0 Å². The van der Waals surface area contributed by atoms with Gasteiger partial charge in [-0.1, -0.05) is 55.4 Å². The van der Waals surface area contributed by atoms with Gasteiger partial charge in [-0.3, -0.25) is 4.79 Å². The van der Waals surface area contributed by atoms with Crippen LogP contribution in [0.5, 0.6) is 0 Å². The number of allylic oxidation sites excluding steroid dienone is 2. The van der Waals surface area contributed by atoms with E-state index in [9.17, 15) is 9.90 Å². The standard InChI is InChI=1S/C25H24NO.C13H24O2.Ir/c1-24(2)11-12-25(3,4)20-15-21-18(14-19(20)24)17-10-13-26-22(23(17)27-21)16-8-6-5-7-9-16;1-5-10(6-2)12(14)9-13(15)11(7-3)8-4;/h5-8,10,13-15H,11-12H2,1-4H3;9-11,14H,5-8H2,1-4H3;/q-1;;/b;12-9-;/i5D,6D,7D,8D;9D;. The third kappa shape index (κ3) is 7.32. The van der Waals surface area contributed by atoms with Gasteiger partial charge in [-0.05, 0) is 81.4 Å². The number of aliphatic hydroxyl groups is 1. The summed E-state index contributed by atoms with van der Waals surface area (Å²) in [5.74, 6) is -0.411. The van der Waals surface area contributed by atoms with E-state index in [4.69, 9.17) is 11.3 Å². The Labute approximate surface area is 278 Å². The third-order valence-corrected chi connectivity index (χ3v) is 9.08. The van der Waals surface area contributed by atoms with Crippen molar-refractivity contribution in [1.29, 1.82) is 0 Å². The summed E-state index contributed by atoms with van der Waals surface area (Å²) < 4.78 is 46.1. The van der Waals surface area contributed by atoms with Crippen LogP contribution in [-0.4, -0.2) is 15.9 Å². The van der Waals surface area contributed by atoms with Crippen molar-refractivity contribution in [2.24, 2.45) is 11.8 Å². The zero-order chi connectivity index (χ0) is 35.0.